The van der Waals surface area contributed by atoms with Crippen LogP contribution in [-0.2, 0) is 9.53 Å². The number of rotatable bonds is 8. The van der Waals surface area contributed by atoms with Gasteiger partial charge in [-0.3, -0.25) is 14.5 Å². The maximum atomic E-state index is 15.1. The monoisotopic (exact) mass is 623 g/mol. The van der Waals surface area contributed by atoms with Crippen LogP contribution in [0.1, 0.15) is 24.8 Å². The number of anilines is 3. The summed E-state index contributed by atoms with van der Waals surface area (Å²) in [7, 11) is 0. The molecule has 4 heterocycles. The van der Waals surface area contributed by atoms with Crippen molar-refractivity contribution in [3.05, 3.63) is 65.8 Å². The molecule has 0 bridgehead atoms. The van der Waals surface area contributed by atoms with Gasteiger partial charge in [-0.15, -0.1) is 0 Å². The third-order valence-electron chi connectivity index (χ3n) is 9.25. The van der Waals surface area contributed by atoms with Crippen molar-refractivity contribution in [2.45, 2.75) is 43.1 Å². The Hall–Kier alpha value is -4.85. The number of nitriles is 1. The molecule has 4 fully saturated rings. The number of carbonyl (C=O) groups excluding carboxylic acids is 1. The summed E-state index contributed by atoms with van der Waals surface area (Å²) in [6, 6.07) is 15.8. The van der Waals surface area contributed by atoms with Crippen LogP contribution in [0.2, 0.25) is 0 Å². The van der Waals surface area contributed by atoms with Gasteiger partial charge >= 0.3 is 11.4 Å². The van der Waals surface area contributed by atoms with Gasteiger partial charge in [-0.25, -0.2) is 20.9 Å². The molecule has 12 nitrogen and oxygen atoms in total. The Kier molecular flexibility index (Phi) is 8.11. The van der Waals surface area contributed by atoms with Crippen molar-refractivity contribution < 1.29 is 18.7 Å². The number of carbonyl (C=O) groups is 1. The number of halogens is 1. The van der Waals surface area contributed by atoms with Crippen molar-refractivity contribution in [2.24, 2.45) is 0 Å². The largest absolute Gasteiger partial charge is 0.486 e. The summed E-state index contributed by atoms with van der Waals surface area (Å²) in [4.78, 5) is 35.6. The summed E-state index contributed by atoms with van der Waals surface area (Å²) in [5.41, 5.74) is 1.82. The van der Waals surface area contributed by atoms with Gasteiger partial charge < -0.3 is 24.6 Å². The fourth-order valence-corrected chi connectivity index (χ4v) is 6.17. The van der Waals surface area contributed by atoms with Gasteiger partial charge in [0.1, 0.15) is 24.3 Å². The van der Waals surface area contributed by atoms with Gasteiger partial charge in [0, 0.05) is 68.9 Å². The van der Waals surface area contributed by atoms with Crippen LogP contribution in [0.3, 0.4) is 0 Å². The molecule has 236 valence electrons. The quantitative estimate of drug-likeness (QED) is 0.373. The molecule has 3 aliphatic heterocycles. The maximum Gasteiger partial charge on any atom is 0.309 e. The van der Waals surface area contributed by atoms with Gasteiger partial charge in [-0.2, -0.15) is 10.2 Å². The number of piperidine rings is 1. The molecule has 7 rings (SSSR count). The summed E-state index contributed by atoms with van der Waals surface area (Å²) in [5.74, 6) is 0.694. The Balaban J connectivity index is 0.967. The molecule has 2 aromatic carbocycles. The Bertz CT molecular complexity index is 1670. The van der Waals surface area contributed by atoms with E-state index in [9.17, 15) is 10.1 Å². The topological polar surface area (TPSA) is 124 Å². The van der Waals surface area contributed by atoms with E-state index in [-0.39, 0.29) is 30.2 Å². The first-order chi connectivity index (χ1) is 22.4. The second kappa shape index (κ2) is 12.5. The molecule has 0 unspecified atom stereocenters. The zero-order valence-corrected chi connectivity index (χ0v) is 25.3. The lowest BCUT2D eigenvalue weighted by Gasteiger charge is -2.43. The fraction of sp³-hybridized carbons (Fsp3) is 0.455. The maximum absolute atomic E-state index is 15.1. The van der Waals surface area contributed by atoms with Crippen molar-refractivity contribution in [3.8, 4) is 23.2 Å². The number of ether oxygens (including phenoxy) is 2. The van der Waals surface area contributed by atoms with Crippen LogP contribution in [0.4, 0.5) is 21.7 Å². The second-order valence-electron chi connectivity index (χ2n) is 12.2. The highest BCUT2D eigenvalue weighted by Crippen LogP contribution is 2.42. The molecule has 1 aromatic heterocycles. The van der Waals surface area contributed by atoms with Gasteiger partial charge in [0.25, 0.3) is 0 Å². The molecule has 3 aromatic rings. The Morgan fingerprint density at radius 1 is 1.11 bits per heavy atom. The molecule has 4 aliphatic rings. The average Bonchev–Trinajstić information content (AvgIpc) is 3.87. The number of hydrogen-bond acceptors (Lipinski definition) is 10. The predicted molar refractivity (Wildman–Crippen MR) is 167 cm³/mol. The average molecular weight is 624 g/mol. The molecule has 1 aliphatic carbocycles. The molecule has 1 saturated carbocycles. The lowest BCUT2D eigenvalue weighted by atomic mass is 10.0. The molecular weight excluding hydrogens is 589 g/mol. The molecule has 1 amide bonds. The van der Waals surface area contributed by atoms with Crippen molar-refractivity contribution in [1.82, 2.24) is 24.8 Å². The number of alkyl halides is 1. The van der Waals surface area contributed by atoms with Gasteiger partial charge in [0.05, 0.1) is 31.4 Å². The van der Waals surface area contributed by atoms with Gasteiger partial charge in [-0.05, 0) is 42.5 Å². The van der Waals surface area contributed by atoms with Crippen LogP contribution < -0.4 is 15.0 Å². The van der Waals surface area contributed by atoms with Crippen LogP contribution in [0.15, 0.2) is 48.8 Å². The molecule has 13 heteroatoms. The number of piperazine rings is 1. The molecular formula is C33H34FN9O3. The normalized spacial score (nSPS) is 22.7. The lowest BCUT2D eigenvalue weighted by Crippen LogP contribution is -2.56. The van der Waals surface area contributed by atoms with E-state index in [4.69, 9.17) is 16.0 Å². The van der Waals surface area contributed by atoms with Crippen LogP contribution in [0, 0.1) is 17.9 Å². The summed E-state index contributed by atoms with van der Waals surface area (Å²) in [6.45, 7) is 13.2. The van der Waals surface area contributed by atoms with E-state index in [0.717, 1.165) is 45.1 Å². The SMILES string of the molecule is [C-]#[N+]C1(C(=O)N2CC[C@H](Oc3ccc(-c4ncnc(Nc5ccc(N6CCN(C7COC7)CC6)cc5)n4)cc3C#N)[C@H](F)C2)CC1. The Morgan fingerprint density at radius 2 is 1.89 bits per heavy atom. The van der Waals surface area contributed by atoms with Gasteiger partial charge in [-0.1, -0.05) is 0 Å². The first-order valence-electron chi connectivity index (χ1n) is 15.6. The zero-order valence-electron chi connectivity index (χ0n) is 25.3. The highest BCUT2D eigenvalue weighted by molar-refractivity contribution is 5.91. The van der Waals surface area contributed by atoms with Crippen LogP contribution in [0.5, 0.6) is 5.75 Å². The van der Waals surface area contributed by atoms with E-state index in [1.54, 1.807) is 18.2 Å². The summed E-state index contributed by atoms with van der Waals surface area (Å²) in [6.07, 6.45) is 0.490. The van der Waals surface area contributed by atoms with Crippen molar-refractivity contribution in [3.63, 3.8) is 0 Å². The summed E-state index contributed by atoms with van der Waals surface area (Å²) >= 11 is 0. The van der Waals surface area contributed by atoms with E-state index in [2.05, 4.69) is 53.1 Å². The van der Waals surface area contributed by atoms with Crippen LogP contribution in [-0.4, -0.2) is 107 Å². The molecule has 0 radical (unpaired) electrons. The molecule has 1 N–H and O–H groups in total. The highest BCUT2D eigenvalue weighted by Gasteiger charge is 2.60. The van der Waals surface area contributed by atoms with E-state index >= 15 is 4.39 Å². The lowest BCUT2D eigenvalue weighted by molar-refractivity contribution is -0.136. The van der Waals surface area contributed by atoms with Crippen molar-refractivity contribution in [1.29, 1.82) is 5.26 Å². The van der Waals surface area contributed by atoms with E-state index in [1.165, 1.54) is 16.9 Å². The molecule has 46 heavy (non-hydrogen) atoms. The summed E-state index contributed by atoms with van der Waals surface area (Å²) in [5, 5.41) is 13.1. The zero-order chi connectivity index (χ0) is 31.7. The minimum absolute atomic E-state index is 0.127. The number of nitrogens with one attached hydrogen (secondary N) is 1. The number of nitrogens with zero attached hydrogens (tertiary/aromatic N) is 8. The molecule has 2 atom stereocenters. The molecule has 0 spiro atoms. The third-order valence-corrected chi connectivity index (χ3v) is 9.25. The van der Waals surface area contributed by atoms with E-state index < -0.39 is 17.8 Å². The first-order valence-corrected chi connectivity index (χ1v) is 15.6. The highest BCUT2D eigenvalue weighted by atomic mass is 19.1. The van der Waals surface area contributed by atoms with Gasteiger partial charge in [0.15, 0.2) is 12.0 Å². The van der Waals surface area contributed by atoms with Crippen molar-refractivity contribution >= 4 is 23.2 Å². The predicted octanol–water partition coefficient (Wildman–Crippen LogP) is 3.44. The van der Waals surface area contributed by atoms with Gasteiger partial charge in [0.2, 0.25) is 5.95 Å². The number of benzene rings is 2. The van der Waals surface area contributed by atoms with Crippen LogP contribution in [0.25, 0.3) is 16.2 Å². The second-order valence-corrected chi connectivity index (χ2v) is 12.2. The molecule has 3 saturated heterocycles. The minimum Gasteiger partial charge on any atom is -0.486 e. The first kappa shape index (κ1) is 29.8. The van der Waals surface area contributed by atoms with E-state index in [1.807, 2.05) is 12.1 Å². The number of hydrogen-bond donors (Lipinski definition) is 1. The number of amides is 1. The smallest absolute Gasteiger partial charge is 0.309 e. The number of likely N-dealkylation sites (tertiary alicyclic amines) is 1. The number of aromatic nitrogens is 3. The summed E-state index contributed by atoms with van der Waals surface area (Å²) < 4.78 is 26.4. The van der Waals surface area contributed by atoms with Crippen LogP contribution >= 0.6 is 0 Å². The van der Waals surface area contributed by atoms with Crippen molar-refractivity contribution in [2.75, 3.05) is 62.7 Å². The Morgan fingerprint density at radius 3 is 2.54 bits per heavy atom. The fourth-order valence-electron chi connectivity index (χ4n) is 6.17. The minimum atomic E-state index is -1.44. The third kappa shape index (κ3) is 6.04. The Labute approximate surface area is 266 Å². The standard InChI is InChI=1S/C33H34FN9O3/c1-36-33(9-10-33)31(44)43-11-8-29(27(34)18-43)46-28-7-2-22(16-23(28)17-35)30-37-21-38-32(40-30)39-24-3-5-25(6-4-24)41-12-14-42(15-13-41)26-19-45-20-26/h2-7,16,21,26-27,29H,8-15,18-20H2,(H,37,38,39,40)/t27-,29+/m1/s1. The van der Waals surface area contributed by atoms with E-state index in [0.29, 0.717) is 42.8 Å².